The Balaban J connectivity index is 1.91. The molecule has 110 valence electrons. The molecule has 3 heteroatoms. The van der Waals surface area contributed by atoms with E-state index in [4.69, 9.17) is 0 Å². The Morgan fingerprint density at radius 2 is 1.74 bits per heavy atom. The van der Waals surface area contributed by atoms with Crippen LogP contribution in [0.4, 0.5) is 0 Å². The van der Waals surface area contributed by atoms with E-state index in [1.165, 1.54) is 57.9 Å². The van der Waals surface area contributed by atoms with Crippen LogP contribution in [0.3, 0.4) is 0 Å². The highest BCUT2D eigenvalue weighted by Gasteiger charge is 2.34. The lowest BCUT2D eigenvalue weighted by Crippen LogP contribution is -2.46. The Hall–Kier alpha value is -0.410. The number of carbonyl (C=O) groups is 1. The van der Waals surface area contributed by atoms with Crippen molar-refractivity contribution in [3.8, 4) is 0 Å². The molecular weight excluding hydrogens is 236 g/mol. The Labute approximate surface area is 118 Å². The minimum Gasteiger partial charge on any atom is -0.306 e. The SMILES string of the molecule is CN1CCC(N(C)CC2(C=O)CCCCCC2)CC1. The fraction of sp³-hybridized carbons (Fsp3) is 0.938. The molecule has 0 amide bonds. The third-order valence-electron chi connectivity index (χ3n) is 5.23. The minimum atomic E-state index is -0.0470. The van der Waals surface area contributed by atoms with E-state index < -0.39 is 0 Å². The van der Waals surface area contributed by atoms with Crippen LogP contribution in [0.2, 0.25) is 0 Å². The van der Waals surface area contributed by atoms with Gasteiger partial charge in [-0.15, -0.1) is 0 Å². The van der Waals surface area contributed by atoms with E-state index >= 15 is 0 Å². The zero-order valence-corrected chi connectivity index (χ0v) is 12.7. The molecule has 1 heterocycles. The second-order valence-corrected chi connectivity index (χ2v) is 6.84. The minimum absolute atomic E-state index is 0.0470. The molecule has 3 nitrogen and oxygen atoms in total. The van der Waals surface area contributed by atoms with E-state index in [1.54, 1.807) is 0 Å². The molecular formula is C16H30N2O. The average Bonchev–Trinajstić information content (AvgIpc) is 2.65. The molecule has 0 unspecified atom stereocenters. The van der Waals surface area contributed by atoms with Crippen molar-refractivity contribution in [3.63, 3.8) is 0 Å². The van der Waals surface area contributed by atoms with Crippen LogP contribution in [0, 0.1) is 5.41 Å². The van der Waals surface area contributed by atoms with Crippen molar-refractivity contribution in [2.24, 2.45) is 5.41 Å². The standard InChI is InChI=1S/C16H30N2O/c1-17-11-7-15(8-12-17)18(2)13-16(14-19)9-5-3-4-6-10-16/h14-15H,3-13H2,1-2H3. The van der Waals surface area contributed by atoms with E-state index in [-0.39, 0.29) is 5.41 Å². The molecule has 0 bridgehead atoms. The predicted octanol–water partition coefficient (Wildman–Crippen LogP) is 2.55. The Morgan fingerprint density at radius 1 is 1.16 bits per heavy atom. The summed E-state index contributed by atoms with van der Waals surface area (Å²) in [5, 5.41) is 0. The molecule has 0 spiro atoms. The molecule has 0 aromatic carbocycles. The number of likely N-dealkylation sites (tertiary alicyclic amines) is 1. The van der Waals surface area contributed by atoms with Gasteiger partial charge < -0.3 is 14.6 Å². The number of aldehydes is 1. The predicted molar refractivity (Wildman–Crippen MR) is 79.3 cm³/mol. The molecule has 2 fully saturated rings. The second kappa shape index (κ2) is 6.85. The summed E-state index contributed by atoms with van der Waals surface area (Å²) in [4.78, 5) is 16.6. The molecule has 1 aliphatic heterocycles. The molecule has 19 heavy (non-hydrogen) atoms. The van der Waals surface area contributed by atoms with Crippen LogP contribution in [0.5, 0.6) is 0 Å². The fourth-order valence-electron chi connectivity index (χ4n) is 3.81. The van der Waals surface area contributed by atoms with Crippen molar-refractivity contribution in [3.05, 3.63) is 0 Å². The molecule has 0 N–H and O–H groups in total. The maximum atomic E-state index is 11.7. The summed E-state index contributed by atoms with van der Waals surface area (Å²) in [7, 11) is 4.43. The quantitative estimate of drug-likeness (QED) is 0.577. The summed E-state index contributed by atoms with van der Waals surface area (Å²) >= 11 is 0. The van der Waals surface area contributed by atoms with Gasteiger partial charge in [0.05, 0.1) is 0 Å². The summed E-state index contributed by atoms with van der Waals surface area (Å²) in [6, 6.07) is 0.677. The highest BCUT2D eigenvalue weighted by atomic mass is 16.1. The van der Waals surface area contributed by atoms with Crippen molar-refractivity contribution >= 4 is 6.29 Å². The van der Waals surface area contributed by atoms with E-state index in [0.717, 1.165) is 19.4 Å². The van der Waals surface area contributed by atoms with Gasteiger partial charge in [0.2, 0.25) is 0 Å². The summed E-state index contributed by atoms with van der Waals surface area (Å²) < 4.78 is 0. The van der Waals surface area contributed by atoms with Crippen molar-refractivity contribution in [1.29, 1.82) is 0 Å². The largest absolute Gasteiger partial charge is 0.306 e. The topological polar surface area (TPSA) is 23.6 Å². The molecule has 2 rings (SSSR count). The molecule has 0 atom stereocenters. The lowest BCUT2D eigenvalue weighted by Gasteiger charge is -2.39. The van der Waals surface area contributed by atoms with E-state index in [2.05, 4.69) is 23.9 Å². The zero-order chi connectivity index (χ0) is 13.7. The first-order valence-electron chi connectivity index (χ1n) is 8.00. The maximum Gasteiger partial charge on any atom is 0.127 e. The van der Waals surface area contributed by atoms with Crippen LogP contribution >= 0.6 is 0 Å². The van der Waals surface area contributed by atoms with Gasteiger partial charge in [-0.25, -0.2) is 0 Å². The number of carbonyl (C=O) groups excluding carboxylic acids is 1. The van der Waals surface area contributed by atoms with Crippen LogP contribution in [0.15, 0.2) is 0 Å². The van der Waals surface area contributed by atoms with Crippen molar-refractivity contribution in [2.45, 2.75) is 57.4 Å². The monoisotopic (exact) mass is 266 g/mol. The van der Waals surface area contributed by atoms with Crippen LogP contribution in [0.25, 0.3) is 0 Å². The van der Waals surface area contributed by atoms with Gasteiger partial charge in [-0.2, -0.15) is 0 Å². The number of hydrogen-bond acceptors (Lipinski definition) is 3. The number of rotatable bonds is 4. The van der Waals surface area contributed by atoms with Crippen molar-refractivity contribution in [1.82, 2.24) is 9.80 Å². The van der Waals surface area contributed by atoms with Crippen molar-refractivity contribution in [2.75, 3.05) is 33.7 Å². The van der Waals surface area contributed by atoms with Crippen LogP contribution in [-0.2, 0) is 4.79 Å². The van der Waals surface area contributed by atoms with E-state index in [0.29, 0.717) is 6.04 Å². The average molecular weight is 266 g/mol. The first kappa shape index (κ1) is 15.0. The molecule has 0 radical (unpaired) electrons. The summed E-state index contributed by atoms with van der Waals surface area (Å²) in [6.07, 6.45) is 11.1. The van der Waals surface area contributed by atoms with Gasteiger partial charge in [-0.1, -0.05) is 25.7 Å². The third kappa shape index (κ3) is 4.03. The molecule has 1 saturated heterocycles. The van der Waals surface area contributed by atoms with Gasteiger partial charge in [-0.05, 0) is 52.9 Å². The van der Waals surface area contributed by atoms with Crippen LogP contribution in [-0.4, -0.2) is 55.9 Å². The molecule has 1 aliphatic carbocycles. The molecule has 2 aliphatic rings. The highest BCUT2D eigenvalue weighted by Crippen LogP contribution is 2.34. The van der Waals surface area contributed by atoms with E-state index in [9.17, 15) is 4.79 Å². The van der Waals surface area contributed by atoms with Gasteiger partial charge in [0.15, 0.2) is 0 Å². The van der Waals surface area contributed by atoms with Gasteiger partial charge in [0.25, 0.3) is 0 Å². The van der Waals surface area contributed by atoms with E-state index in [1.807, 2.05) is 0 Å². The molecule has 0 aromatic rings. The van der Waals surface area contributed by atoms with Crippen molar-refractivity contribution < 1.29 is 4.79 Å². The second-order valence-electron chi connectivity index (χ2n) is 6.84. The van der Waals surface area contributed by atoms with Gasteiger partial charge >= 0.3 is 0 Å². The van der Waals surface area contributed by atoms with Gasteiger partial charge in [0, 0.05) is 18.0 Å². The summed E-state index contributed by atoms with van der Waals surface area (Å²) in [6.45, 7) is 3.37. The van der Waals surface area contributed by atoms with Crippen LogP contribution in [0.1, 0.15) is 51.4 Å². The Morgan fingerprint density at radius 3 is 2.26 bits per heavy atom. The highest BCUT2D eigenvalue weighted by molar-refractivity contribution is 5.59. The number of hydrogen-bond donors (Lipinski definition) is 0. The van der Waals surface area contributed by atoms with Gasteiger partial charge in [-0.3, -0.25) is 0 Å². The lowest BCUT2D eigenvalue weighted by atomic mass is 9.81. The van der Waals surface area contributed by atoms with Crippen LogP contribution < -0.4 is 0 Å². The Bertz CT molecular complexity index is 276. The normalized spacial score (nSPS) is 26.3. The Kier molecular flexibility index (Phi) is 5.40. The fourth-order valence-corrected chi connectivity index (χ4v) is 3.81. The zero-order valence-electron chi connectivity index (χ0n) is 12.7. The first-order valence-corrected chi connectivity index (χ1v) is 8.00. The lowest BCUT2D eigenvalue weighted by molar-refractivity contribution is -0.118. The summed E-state index contributed by atoms with van der Waals surface area (Å²) in [5.74, 6) is 0. The number of nitrogens with zero attached hydrogens (tertiary/aromatic N) is 2. The molecule has 0 aromatic heterocycles. The van der Waals surface area contributed by atoms with Gasteiger partial charge in [0.1, 0.15) is 6.29 Å². The first-order chi connectivity index (χ1) is 9.15. The smallest absolute Gasteiger partial charge is 0.127 e. The third-order valence-corrected chi connectivity index (χ3v) is 5.23. The molecule has 1 saturated carbocycles. The summed E-state index contributed by atoms with van der Waals surface area (Å²) in [5.41, 5.74) is -0.0470. The maximum absolute atomic E-state index is 11.7. The number of piperidine rings is 1.